The Morgan fingerprint density at radius 2 is 2.07 bits per heavy atom. The quantitative estimate of drug-likeness (QED) is 0.758. The molecule has 0 aliphatic heterocycles. The third-order valence-corrected chi connectivity index (χ3v) is 2.66. The number of aryl methyl sites for hydroxylation is 1. The summed E-state index contributed by atoms with van der Waals surface area (Å²) in [6.07, 6.45) is 4.64. The lowest BCUT2D eigenvalue weighted by Crippen LogP contribution is -2.10. The van der Waals surface area contributed by atoms with Gasteiger partial charge in [-0.3, -0.25) is 0 Å². The summed E-state index contributed by atoms with van der Waals surface area (Å²) in [6, 6.07) is 8.87. The molecule has 0 radical (unpaired) electrons. The molecule has 1 rings (SSSR count). The zero-order valence-electron chi connectivity index (χ0n) is 9.29. The maximum Gasteiger partial charge on any atom is 0.0294 e. The highest BCUT2D eigenvalue weighted by Gasteiger charge is 2.04. The van der Waals surface area contributed by atoms with E-state index in [9.17, 15) is 0 Å². The molecular weight excluding hydrogens is 170 g/mol. The zero-order valence-corrected chi connectivity index (χ0v) is 9.29. The average Bonchev–Trinajstić information content (AvgIpc) is 2.26. The van der Waals surface area contributed by atoms with E-state index in [0.29, 0.717) is 0 Å². The molecule has 0 aliphatic rings. The first-order valence-corrected chi connectivity index (χ1v) is 5.62. The van der Waals surface area contributed by atoms with E-state index in [0.717, 1.165) is 12.8 Å². The lowest BCUT2D eigenvalue weighted by molar-refractivity contribution is 0.603. The van der Waals surface area contributed by atoms with Gasteiger partial charge in [0.05, 0.1) is 0 Å². The largest absolute Gasteiger partial charge is 0.324 e. The van der Waals surface area contributed by atoms with Gasteiger partial charge in [0.25, 0.3) is 0 Å². The molecule has 14 heavy (non-hydrogen) atoms. The Bertz CT molecular complexity index is 268. The summed E-state index contributed by atoms with van der Waals surface area (Å²) in [4.78, 5) is 0. The van der Waals surface area contributed by atoms with E-state index in [1.807, 2.05) is 0 Å². The monoisotopic (exact) mass is 191 g/mol. The van der Waals surface area contributed by atoms with E-state index in [1.54, 1.807) is 0 Å². The Labute approximate surface area is 87.3 Å². The number of hydrogen-bond acceptors (Lipinski definition) is 1. The minimum atomic E-state index is 0.224. The Hall–Kier alpha value is -0.820. The molecule has 1 atom stereocenters. The summed E-state index contributed by atoms with van der Waals surface area (Å²) in [5.41, 5.74) is 8.78. The fourth-order valence-corrected chi connectivity index (χ4v) is 1.63. The van der Waals surface area contributed by atoms with Crippen molar-refractivity contribution in [2.75, 3.05) is 0 Å². The summed E-state index contributed by atoms with van der Waals surface area (Å²) in [5.74, 6) is 0. The van der Waals surface area contributed by atoms with Crippen LogP contribution in [-0.4, -0.2) is 0 Å². The maximum atomic E-state index is 6.10. The van der Waals surface area contributed by atoms with Gasteiger partial charge in [-0.1, -0.05) is 51.0 Å². The third kappa shape index (κ3) is 3.15. The van der Waals surface area contributed by atoms with Crippen molar-refractivity contribution in [1.82, 2.24) is 0 Å². The van der Waals surface area contributed by atoms with Crippen molar-refractivity contribution >= 4 is 0 Å². The van der Waals surface area contributed by atoms with Crippen LogP contribution < -0.4 is 5.73 Å². The standard InChI is InChI=1S/C13H21N/c1-3-5-9-13(14)12-8-6-7-11(4-2)10-12/h6-8,10,13H,3-5,9,14H2,1-2H3. The molecule has 1 aromatic rings. The smallest absolute Gasteiger partial charge is 0.0294 e. The molecule has 0 amide bonds. The van der Waals surface area contributed by atoms with E-state index >= 15 is 0 Å². The van der Waals surface area contributed by atoms with Gasteiger partial charge in [0.2, 0.25) is 0 Å². The highest BCUT2D eigenvalue weighted by molar-refractivity contribution is 5.25. The summed E-state index contributed by atoms with van der Waals surface area (Å²) < 4.78 is 0. The van der Waals surface area contributed by atoms with Crippen LogP contribution in [0.1, 0.15) is 50.3 Å². The van der Waals surface area contributed by atoms with E-state index in [-0.39, 0.29) is 6.04 Å². The normalized spacial score (nSPS) is 12.8. The van der Waals surface area contributed by atoms with Crippen molar-refractivity contribution in [3.8, 4) is 0 Å². The lowest BCUT2D eigenvalue weighted by atomic mass is 9.99. The second-order valence-corrected chi connectivity index (χ2v) is 3.85. The van der Waals surface area contributed by atoms with Crippen LogP contribution in [0.3, 0.4) is 0 Å². The number of unbranched alkanes of at least 4 members (excludes halogenated alkanes) is 1. The predicted octanol–water partition coefficient (Wildman–Crippen LogP) is 3.44. The Morgan fingerprint density at radius 1 is 1.29 bits per heavy atom. The van der Waals surface area contributed by atoms with Crippen molar-refractivity contribution in [1.29, 1.82) is 0 Å². The summed E-state index contributed by atoms with van der Waals surface area (Å²) in [6.45, 7) is 4.38. The Kier molecular flexibility index (Phi) is 4.68. The number of hydrogen-bond donors (Lipinski definition) is 1. The highest BCUT2D eigenvalue weighted by Crippen LogP contribution is 2.17. The molecule has 1 aromatic carbocycles. The lowest BCUT2D eigenvalue weighted by Gasteiger charge is -2.12. The van der Waals surface area contributed by atoms with Gasteiger partial charge in [-0.2, -0.15) is 0 Å². The van der Waals surface area contributed by atoms with Gasteiger partial charge >= 0.3 is 0 Å². The topological polar surface area (TPSA) is 26.0 Å². The second-order valence-electron chi connectivity index (χ2n) is 3.85. The molecule has 0 saturated heterocycles. The minimum Gasteiger partial charge on any atom is -0.324 e. The van der Waals surface area contributed by atoms with Gasteiger partial charge in [0.1, 0.15) is 0 Å². The van der Waals surface area contributed by atoms with Crippen molar-refractivity contribution in [3.63, 3.8) is 0 Å². The first-order valence-electron chi connectivity index (χ1n) is 5.62. The molecule has 0 saturated carbocycles. The Balaban J connectivity index is 2.64. The van der Waals surface area contributed by atoms with Crippen LogP contribution >= 0.6 is 0 Å². The minimum absolute atomic E-state index is 0.224. The van der Waals surface area contributed by atoms with E-state index in [4.69, 9.17) is 5.73 Å². The fraction of sp³-hybridized carbons (Fsp3) is 0.538. The van der Waals surface area contributed by atoms with E-state index < -0.39 is 0 Å². The molecule has 78 valence electrons. The fourth-order valence-electron chi connectivity index (χ4n) is 1.63. The number of benzene rings is 1. The van der Waals surface area contributed by atoms with Crippen LogP contribution in [0, 0.1) is 0 Å². The average molecular weight is 191 g/mol. The number of rotatable bonds is 5. The molecule has 1 nitrogen and oxygen atoms in total. The van der Waals surface area contributed by atoms with Crippen LogP contribution in [0.5, 0.6) is 0 Å². The van der Waals surface area contributed by atoms with Crippen molar-refractivity contribution < 1.29 is 0 Å². The molecule has 0 spiro atoms. The number of nitrogens with two attached hydrogens (primary N) is 1. The molecule has 1 unspecified atom stereocenters. The molecule has 0 aliphatic carbocycles. The van der Waals surface area contributed by atoms with Gasteiger partial charge in [-0.15, -0.1) is 0 Å². The summed E-state index contributed by atoms with van der Waals surface area (Å²) in [7, 11) is 0. The van der Waals surface area contributed by atoms with Crippen LogP contribution in [0.15, 0.2) is 24.3 Å². The SMILES string of the molecule is CCCCC(N)c1cccc(CC)c1. The summed E-state index contributed by atoms with van der Waals surface area (Å²) >= 11 is 0. The first kappa shape index (κ1) is 11.3. The van der Waals surface area contributed by atoms with Crippen LogP contribution in [0.25, 0.3) is 0 Å². The molecule has 2 N–H and O–H groups in total. The van der Waals surface area contributed by atoms with Gasteiger partial charge in [-0.05, 0) is 24.0 Å². The maximum absolute atomic E-state index is 6.10. The molecule has 0 heterocycles. The molecule has 0 bridgehead atoms. The second kappa shape index (κ2) is 5.82. The molecule has 0 fully saturated rings. The molecule has 1 heteroatoms. The van der Waals surface area contributed by atoms with Gasteiger partial charge in [-0.25, -0.2) is 0 Å². The van der Waals surface area contributed by atoms with E-state index in [2.05, 4.69) is 38.1 Å². The van der Waals surface area contributed by atoms with Gasteiger partial charge in [0, 0.05) is 6.04 Å². The third-order valence-electron chi connectivity index (χ3n) is 2.66. The Morgan fingerprint density at radius 3 is 2.71 bits per heavy atom. The molecule has 0 aromatic heterocycles. The van der Waals surface area contributed by atoms with Crippen LogP contribution in [0.4, 0.5) is 0 Å². The van der Waals surface area contributed by atoms with Crippen LogP contribution in [0.2, 0.25) is 0 Å². The zero-order chi connectivity index (χ0) is 10.4. The van der Waals surface area contributed by atoms with Crippen molar-refractivity contribution in [2.45, 2.75) is 45.6 Å². The van der Waals surface area contributed by atoms with Crippen molar-refractivity contribution in [2.24, 2.45) is 5.73 Å². The summed E-state index contributed by atoms with van der Waals surface area (Å²) in [5, 5.41) is 0. The first-order chi connectivity index (χ1) is 6.77. The van der Waals surface area contributed by atoms with E-state index in [1.165, 1.54) is 24.0 Å². The van der Waals surface area contributed by atoms with Crippen LogP contribution in [-0.2, 0) is 6.42 Å². The predicted molar refractivity (Wildman–Crippen MR) is 62.3 cm³/mol. The highest BCUT2D eigenvalue weighted by atomic mass is 14.6. The van der Waals surface area contributed by atoms with Gasteiger partial charge in [0.15, 0.2) is 0 Å². The molecular formula is C13H21N. The van der Waals surface area contributed by atoms with Crippen molar-refractivity contribution in [3.05, 3.63) is 35.4 Å². The van der Waals surface area contributed by atoms with Gasteiger partial charge < -0.3 is 5.73 Å².